The van der Waals surface area contributed by atoms with Crippen molar-refractivity contribution in [3.05, 3.63) is 54.1 Å². The van der Waals surface area contributed by atoms with Gasteiger partial charge in [0, 0.05) is 12.7 Å². The summed E-state index contributed by atoms with van der Waals surface area (Å²) >= 11 is 0. The molecule has 1 aromatic heterocycles. The van der Waals surface area contributed by atoms with Crippen molar-refractivity contribution < 1.29 is 18.7 Å². The summed E-state index contributed by atoms with van der Waals surface area (Å²) < 4.78 is 18.3. The number of nitrogens with one attached hydrogen (secondary N) is 2. The Hall–Kier alpha value is -2.96. The summed E-state index contributed by atoms with van der Waals surface area (Å²) in [7, 11) is 1.58. The molecule has 0 spiro atoms. The van der Waals surface area contributed by atoms with Gasteiger partial charge < -0.3 is 15.4 Å². The van der Waals surface area contributed by atoms with Crippen LogP contribution in [0.5, 0.6) is 5.75 Å². The standard InChI is InChI=1S/C16H16FN3O3/c1-23-12-6-4-11(5-7-12)8-10-19-15(21)16(22)20-13-3-2-9-18-14(13)17/h2-7,9H,8,10H2,1H3,(H,19,21)(H,20,22). The Bertz CT molecular complexity index is 689. The number of hydrogen-bond donors (Lipinski definition) is 2. The van der Waals surface area contributed by atoms with Crippen molar-refractivity contribution in [1.82, 2.24) is 10.3 Å². The number of carbonyl (C=O) groups excluding carboxylic acids is 2. The number of pyridine rings is 1. The molecule has 0 atom stereocenters. The first kappa shape index (κ1) is 16.4. The summed E-state index contributed by atoms with van der Waals surface area (Å²) in [5.74, 6) is -1.86. The number of halogens is 1. The Balaban J connectivity index is 1.79. The van der Waals surface area contributed by atoms with Gasteiger partial charge in [0.05, 0.1) is 12.8 Å². The maximum Gasteiger partial charge on any atom is 0.313 e. The second kappa shape index (κ2) is 7.88. The van der Waals surface area contributed by atoms with Crippen molar-refractivity contribution in [2.24, 2.45) is 0 Å². The van der Waals surface area contributed by atoms with E-state index in [1.165, 1.54) is 18.3 Å². The zero-order valence-corrected chi connectivity index (χ0v) is 12.5. The third kappa shape index (κ3) is 4.77. The molecule has 0 aliphatic rings. The molecule has 2 rings (SSSR count). The topological polar surface area (TPSA) is 80.3 Å². The van der Waals surface area contributed by atoms with E-state index < -0.39 is 17.8 Å². The molecule has 120 valence electrons. The van der Waals surface area contributed by atoms with Crippen LogP contribution in [0.2, 0.25) is 0 Å². The van der Waals surface area contributed by atoms with Gasteiger partial charge in [-0.15, -0.1) is 0 Å². The van der Waals surface area contributed by atoms with Crippen LogP contribution in [0.25, 0.3) is 0 Å². The zero-order valence-electron chi connectivity index (χ0n) is 12.5. The number of amides is 2. The molecule has 0 aliphatic heterocycles. The minimum absolute atomic E-state index is 0.136. The number of carbonyl (C=O) groups is 2. The summed E-state index contributed by atoms with van der Waals surface area (Å²) in [5, 5.41) is 4.64. The zero-order chi connectivity index (χ0) is 16.7. The molecule has 0 aliphatic carbocycles. The smallest absolute Gasteiger partial charge is 0.313 e. The molecular weight excluding hydrogens is 301 g/mol. The average molecular weight is 317 g/mol. The molecule has 0 bridgehead atoms. The third-order valence-corrected chi connectivity index (χ3v) is 3.07. The molecule has 6 nitrogen and oxygen atoms in total. The second-order valence-electron chi connectivity index (χ2n) is 4.65. The lowest BCUT2D eigenvalue weighted by Crippen LogP contribution is -2.36. The van der Waals surface area contributed by atoms with Gasteiger partial charge in [-0.3, -0.25) is 9.59 Å². The first-order chi connectivity index (χ1) is 11.1. The van der Waals surface area contributed by atoms with Crippen LogP contribution < -0.4 is 15.4 Å². The van der Waals surface area contributed by atoms with E-state index in [1.807, 2.05) is 24.3 Å². The Kier molecular flexibility index (Phi) is 5.62. The summed E-state index contributed by atoms with van der Waals surface area (Å²) in [6, 6.07) is 10.2. The molecule has 0 radical (unpaired) electrons. The van der Waals surface area contributed by atoms with Gasteiger partial charge in [-0.25, -0.2) is 4.98 Å². The second-order valence-corrected chi connectivity index (χ2v) is 4.65. The molecule has 1 heterocycles. The minimum atomic E-state index is -0.938. The lowest BCUT2D eigenvalue weighted by atomic mass is 10.1. The largest absolute Gasteiger partial charge is 0.497 e. The van der Waals surface area contributed by atoms with Gasteiger partial charge in [-0.1, -0.05) is 12.1 Å². The molecule has 2 amide bonds. The number of anilines is 1. The summed E-state index contributed by atoms with van der Waals surface area (Å²) in [4.78, 5) is 26.7. The van der Waals surface area contributed by atoms with E-state index in [9.17, 15) is 14.0 Å². The van der Waals surface area contributed by atoms with Crippen LogP contribution in [-0.2, 0) is 16.0 Å². The number of benzene rings is 1. The molecule has 2 N–H and O–H groups in total. The fraction of sp³-hybridized carbons (Fsp3) is 0.188. The van der Waals surface area contributed by atoms with E-state index in [-0.39, 0.29) is 12.2 Å². The van der Waals surface area contributed by atoms with E-state index in [1.54, 1.807) is 7.11 Å². The van der Waals surface area contributed by atoms with Crippen molar-refractivity contribution in [2.75, 3.05) is 19.0 Å². The first-order valence-electron chi connectivity index (χ1n) is 6.93. The predicted octanol–water partition coefficient (Wildman–Crippen LogP) is 1.53. The highest BCUT2D eigenvalue weighted by Gasteiger charge is 2.15. The van der Waals surface area contributed by atoms with Crippen LogP contribution in [0.4, 0.5) is 10.1 Å². The van der Waals surface area contributed by atoms with Crippen molar-refractivity contribution in [3.8, 4) is 5.75 Å². The Morgan fingerprint density at radius 3 is 2.57 bits per heavy atom. The SMILES string of the molecule is COc1ccc(CCNC(=O)C(=O)Nc2cccnc2F)cc1. The fourth-order valence-corrected chi connectivity index (χ4v) is 1.85. The highest BCUT2D eigenvalue weighted by atomic mass is 19.1. The van der Waals surface area contributed by atoms with Gasteiger partial charge in [0.1, 0.15) is 5.75 Å². The van der Waals surface area contributed by atoms with Crippen molar-refractivity contribution >= 4 is 17.5 Å². The van der Waals surface area contributed by atoms with Gasteiger partial charge in [-0.2, -0.15) is 4.39 Å². The van der Waals surface area contributed by atoms with Crippen LogP contribution in [0, 0.1) is 5.95 Å². The number of aromatic nitrogens is 1. The van der Waals surface area contributed by atoms with Gasteiger partial charge in [0.15, 0.2) is 0 Å². The van der Waals surface area contributed by atoms with E-state index in [4.69, 9.17) is 4.74 Å². The molecule has 23 heavy (non-hydrogen) atoms. The fourth-order valence-electron chi connectivity index (χ4n) is 1.85. The Morgan fingerprint density at radius 2 is 1.91 bits per heavy atom. The Morgan fingerprint density at radius 1 is 1.17 bits per heavy atom. The van der Waals surface area contributed by atoms with Crippen LogP contribution in [-0.4, -0.2) is 30.5 Å². The molecule has 7 heteroatoms. The number of nitrogens with zero attached hydrogens (tertiary/aromatic N) is 1. The highest BCUT2D eigenvalue weighted by Crippen LogP contribution is 2.11. The quantitative estimate of drug-likeness (QED) is 0.647. The van der Waals surface area contributed by atoms with E-state index >= 15 is 0 Å². The molecule has 0 saturated heterocycles. The number of hydrogen-bond acceptors (Lipinski definition) is 4. The van der Waals surface area contributed by atoms with Crippen molar-refractivity contribution in [2.45, 2.75) is 6.42 Å². The lowest BCUT2D eigenvalue weighted by molar-refractivity contribution is -0.136. The van der Waals surface area contributed by atoms with E-state index in [0.717, 1.165) is 11.3 Å². The Labute approximate surface area is 132 Å². The number of ether oxygens (including phenoxy) is 1. The molecule has 1 aromatic carbocycles. The van der Waals surface area contributed by atoms with E-state index in [0.29, 0.717) is 6.42 Å². The summed E-state index contributed by atoms with van der Waals surface area (Å²) in [6.45, 7) is 0.286. The van der Waals surface area contributed by atoms with Crippen molar-refractivity contribution in [3.63, 3.8) is 0 Å². The predicted molar refractivity (Wildman–Crippen MR) is 82.5 cm³/mol. The summed E-state index contributed by atoms with van der Waals surface area (Å²) in [5.41, 5.74) is 0.854. The number of rotatable bonds is 5. The van der Waals surface area contributed by atoms with Crippen LogP contribution in [0.15, 0.2) is 42.6 Å². The molecule has 0 unspecified atom stereocenters. The van der Waals surface area contributed by atoms with Crippen LogP contribution in [0.3, 0.4) is 0 Å². The maximum atomic E-state index is 13.3. The molecular formula is C16H16FN3O3. The van der Waals surface area contributed by atoms with Crippen LogP contribution >= 0.6 is 0 Å². The summed E-state index contributed by atoms with van der Waals surface area (Å²) in [6.07, 6.45) is 1.81. The van der Waals surface area contributed by atoms with Gasteiger partial charge in [0.25, 0.3) is 0 Å². The lowest BCUT2D eigenvalue weighted by Gasteiger charge is -2.07. The monoisotopic (exact) mass is 317 g/mol. The average Bonchev–Trinajstić information content (AvgIpc) is 2.57. The van der Waals surface area contributed by atoms with Gasteiger partial charge in [0.2, 0.25) is 5.95 Å². The van der Waals surface area contributed by atoms with E-state index in [2.05, 4.69) is 15.6 Å². The normalized spacial score (nSPS) is 10.0. The van der Waals surface area contributed by atoms with Gasteiger partial charge in [-0.05, 0) is 36.2 Å². The molecule has 0 fully saturated rings. The van der Waals surface area contributed by atoms with Crippen molar-refractivity contribution in [1.29, 1.82) is 0 Å². The molecule has 0 saturated carbocycles. The molecule has 2 aromatic rings. The minimum Gasteiger partial charge on any atom is -0.497 e. The van der Waals surface area contributed by atoms with Crippen LogP contribution in [0.1, 0.15) is 5.56 Å². The third-order valence-electron chi connectivity index (χ3n) is 3.07. The highest BCUT2D eigenvalue weighted by molar-refractivity contribution is 6.39. The first-order valence-corrected chi connectivity index (χ1v) is 6.93. The number of methoxy groups -OCH3 is 1. The maximum absolute atomic E-state index is 13.3. The van der Waals surface area contributed by atoms with Gasteiger partial charge >= 0.3 is 11.8 Å².